The predicted molar refractivity (Wildman–Crippen MR) is 55.8 cm³/mol. The van der Waals surface area contributed by atoms with Crippen LogP contribution in [-0.4, -0.2) is 31.3 Å². The lowest BCUT2D eigenvalue weighted by Crippen LogP contribution is -2.22. The Labute approximate surface area is 93.6 Å². The largest absolute Gasteiger partial charge is 0.480 e. The molecule has 1 atom stereocenters. The Balaban J connectivity index is 2.26. The quantitative estimate of drug-likeness (QED) is 0.830. The maximum Gasteiger partial charge on any atom is 0.325 e. The van der Waals surface area contributed by atoms with Gasteiger partial charge in [-0.1, -0.05) is 20.3 Å². The number of nitrogens with zero attached hydrogens (tertiary/aromatic N) is 4. The van der Waals surface area contributed by atoms with E-state index in [0.717, 1.165) is 19.3 Å². The van der Waals surface area contributed by atoms with Crippen molar-refractivity contribution in [2.75, 3.05) is 0 Å². The molecular formula is C10H16N4O2. The van der Waals surface area contributed by atoms with Crippen LogP contribution >= 0.6 is 0 Å². The van der Waals surface area contributed by atoms with Crippen molar-refractivity contribution < 1.29 is 9.90 Å². The van der Waals surface area contributed by atoms with Crippen LogP contribution in [0.5, 0.6) is 0 Å². The minimum absolute atomic E-state index is 0.158. The third-order valence-corrected chi connectivity index (χ3v) is 3.41. The first kappa shape index (κ1) is 11.0. The Morgan fingerprint density at radius 3 is 2.94 bits per heavy atom. The molecule has 0 bridgehead atoms. The number of hydrogen-bond donors (Lipinski definition) is 1. The molecule has 0 saturated heterocycles. The van der Waals surface area contributed by atoms with Crippen LogP contribution in [0.1, 0.15) is 44.9 Å². The highest BCUT2D eigenvalue weighted by atomic mass is 16.4. The molecule has 0 aromatic carbocycles. The van der Waals surface area contributed by atoms with E-state index in [0.29, 0.717) is 5.82 Å². The van der Waals surface area contributed by atoms with E-state index in [1.807, 2.05) is 0 Å². The standard InChI is InChI=1S/C10H16N4O2/c1-10(2)5-3-4-7(10)9-11-12-13-14(9)6-8(15)16/h7H,3-6H2,1-2H3,(H,15,16). The second kappa shape index (κ2) is 3.84. The SMILES string of the molecule is CC1(C)CCCC1c1nnnn1CC(=O)O. The minimum Gasteiger partial charge on any atom is -0.480 e. The van der Waals surface area contributed by atoms with Gasteiger partial charge in [0.15, 0.2) is 5.82 Å². The first-order valence-electron chi connectivity index (χ1n) is 5.48. The van der Waals surface area contributed by atoms with Crippen LogP contribution < -0.4 is 0 Å². The van der Waals surface area contributed by atoms with E-state index in [9.17, 15) is 4.79 Å². The fraction of sp³-hybridized carbons (Fsp3) is 0.800. The summed E-state index contributed by atoms with van der Waals surface area (Å²) in [6.07, 6.45) is 3.32. The lowest BCUT2D eigenvalue weighted by molar-refractivity contribution is -0.138. The Hall–Kier alpha value is -1.46. The number of hydrogen-bond acceptors (Lipinski definition) is 4. The van der Waals surface area contributed by atoms with E-state index >= 15 is 0 Å². The van der Waals surface area contributed by atoms with Gasteiger partial charge in [-0.3, -0.25) is 4.79 Å². The van der Waals surface area contributed by atoms with Crippen molar-refractivity contribution in [3.8, 4) is 0 Å². The summed E-state index contributed by atoms with van der Waals surface area (Å²) in [4.78, 5) is 10.7. The molecule has 1 saturated carbocycles. The molecule has 88 valence electrons. The van der Waals surface area contributed by atoms with Crippen LogP contribution in [0.2, 0.25) is 0 Å². The van der Waals surface area contributed by atoms with Crippen LogP contribution in [0.4, 0.5) is 0 Å². The van der Waals surface area contributed by atoms with Crippen molar-refractivity contribution in [2.24, 2.45) is 5.41 Å². The van der Waals surface area contributed by atoms with Crippen LogP contribution in [-0.2, 0) is 11.3 Å². The summed E-state index contributed by atoms with van der Waals surface area (Å²) in [5, 5.41) is 20.1. The van der Waals surface area contributed by atoms with Gasteiger partial charge in [-0.25, -0.2) is 4.68 Å². The molecule has 1 aliphatic rings. The summed E-state index contributed by atoms with van der Waals surface area (Å²) in [6, 6.07) is 0. The zero-order valence-corrected chi connectivity index (χ0v) is 9.55. The van der Waals surface area contributed by atoms with Gasteiger partial charge in [0.2, 0.25) is 0 Å². The summed E-state index contributed by atoms with van der Waals surface area (Å²) in [6.45, 7) is 4.21. The van der Waals surface area contributed by atoms with Crippen molar-refractivity contribution in [2.45, 2.75) is 45.6 Å². The maximum atomic E-state index is 10.7. The molecule has 1 aliphatic carbocycles. The van der Waals surface area contributed by atoms with Crippen molar-refractivity contribution in [3.63, 3.8) is 0 Å². The van der Waals surface area contributed by atoms with Crippen LogP contribution in [0, 0.1) is 5.41 Å². The number of carboxylic acids is 1. The summed E-state index contributed by atoms with van der Waals surface area (Å²) < 4.78 is 1.40. The van der Waals surface area contributed by atoms with E-state index < -0.39 is 5.97 Å². The van der Waals surface area contributed by atoms with Crippen LogP contribution in [0.3, 0.4) is 0 Å². The topological polar surface area (TPSA) is 80.9 Å². The van der Waals surface area contributed by atoms with Gasteiger partial charge in [-0.05, 0) is 28.7 Å². The van der Waals surface area contributed by atoms with Gasteiger partial charge >= 0.3 is 5.97 Å². The summed E-state index contributed by atoms with van der Waals surface area (Å²) in [5.74, 6) is 0.0658. The molecule has 6 heteroatoms. The van der Waals surface area contributed by atoms with Gasteiger partial charge < -0.3 is 5.11 Å². The third-order valence-electron chi connectivity index (χ3n) is 3.41. The Kier molecular flexibility index (Phi) is 2.65. The fourth-order valence-corrected chi connectivity index (χ4v) is 2.51. The van der Waals surface area contributed by atoms with Gasteiger partial charge in [0.05, 0.1) is 0 Å². The lowest BCUT2D eigenvalue weighted by atomic mass is 9.81. The molecule has 1 heterocycles. The van der Waals surface area contributed by atoms with E-state index in [2.05, 4.69) is 29.4 Å². The first-order valence-corrected chi connectivity index (χ1v) is 5.48. The second-order valence-electron chi connectivity index (χ2n) is 5.02. The maximum absolute atomic E-state index is 10.7. The van der Waals surface area contributed by atoms with Gasteiger partial charge in [0.1, 0.15) is 6.54 Å². The number of carbonyl (C=O) groups is 1. The molecule has 1 fully saturated rings. The van der Waals surface area contributed by atoms with Crippen LogP contribution in [0.25, 0.3) is 0 Å². The average molecular weight is 224 g/mol. The Morgan fingerprint density at radius 1 is 1.62 bits per heavy atom. The molecule has 0 spiro atoms. The van der Waals surface area contributed by atoms with Crippen molar-refractivity contribution >= 4 is 5.97 Å². The molecule has 1 N–H and O–H groups in total. The fourth-order valence-electron chi connectivity index (χ4n) is 2.51. The van der Waals surface area contributed by atoms with Gasteiger partial charge in [-0.2, -0.15) is 0 Å². The van der Waals surface area contributed by atoms with Crippen molar-refractivity contribution in [1.82, 2.24) is 20.2 Å². The van der Waals surface area contributed by atoms with E-state index in [-0.39, 0.29) is 17.9 Å². The monoisotopic (exact) mass is 224 g/mol. The summed E-state index contributed by atoms with van der Waals surface area (Å²) >= 11 is 0. The zero-order chi connectivity index (χ0) is 11.8. The van der Waals surface area contributed by atoms with Crippen molar-refractivity contribution in [3.05, 3.63) is 5.82 Å². The van der Waals surface area contributed by atoms with Gasteiger partial charge in [0.25, 0.3) is 0 Å². The molecule has 16 heavy (non-hydrogen) atoms. The zero-order valence-electron chi connectivity index (χ0n) is 9.55. The highest BCUT2D eigenvalue weighted by molar-refractivity contribution is 5.66. The molecule has 0 radical (unpaired) electrons. The van der Waals surface area contributed by atoms with E-state index in [1.165, 1.54) is 4.68 Å². The molecule has 1 aromatic rings. The number of aliphatic carboxylic acids is 1. The third kappa shape index (κ3) is 1.91. The average Bonchev–Trinajstić information content (AvgIpc) is 2.70. The van der Waals surface area contributed by atoms with E-state index in [4.69, 9.17) is 5.11 Å². The smallest absolute Gasteiger partial charge is 0.325 e. The second-order valence-corrected chi connectivity index (χ2v) is 5.02. The first-order chi connectivity index (χ1) is 7.50. The summed E-state index contributed by atoms with van der Waals surface area (Å²) in [7, 11) is 0. The number of rotatable bonds is 3. The Bertz CT molecular complexity index is 399. The molecular weight excluding hydrogens is 208 g/mol. The van der Waals surface area contributed by atoms with Gasteiger partial charge in [-0.15, -0.1) is 5.10 Å². The predicted octanol–water partition coefficient (Wildman–Crippen LogP) is 1.05. The molecule has 0 aliphatic heterocycles. The number of aromatic nitrogens is 4. The molecule has 1 aromatic heterocycles. The highest BCUT2D eigenvalue weighted by Crippen LogP contribution is 2.47. The Morgan fingerprint density at radius 2 is 2.38 bits per heavy atom. The lowest BCUT2D eigenvalue weighted by Gasteiger charge is -2.25. The molecule has 2 rings (SSSR count). The minimum atomic E-state index is -0.913. The molecule has 1 unspecified atom stereocenters. The summed E-state index contributed by atoms with van der Waals surface area (Å²) in [5.41, 5.74) is 0.158. The van der Waals surface area contributed by atoms with Crippen LogP contribution in [0.15, 0.2) is 0 Å². The molecule has 6 nitrogen and oxygen atoms in total. The van der Waals surface area contributed by atoms with Gasteiger partial charge in [0, 0.05) is 5.92 Å². The molecule has 0 amide bonds. The van der Waals surface area contributed by atoms with Crippen molar-refractivity contribution in [1.29, 1.82) is 0 Å². The number of tetrazole rings is 1. The number of carboxylic acid groups (broad SMARTS) is 1. The highest BCUT2D eigenvalue weighted by Gasteiger charge is 2.38. The van der Waals surface area contributed by atoms with E-state index in [1.54, 1.807) is 0 Å². The normalized spacial score (nSPS) is 23.5.